The molecular weight excluding hydrogens is 182 g/mol. The summed E-state index contributed by atoms with van der Waals surface area (Å²) in [5.41, 5.74) is 4.17. The van der Waals surface area contributed by atoms with E-state index in [-0.39, 0.29) is 0 Å². The average Bonchev–Trinajstić information content (AvgIpc) is 2.16. The number of aryl methyl sites for hydroxylation is 2. The van der Waals surface area contributed by atoms with Gasteiger partial charge in [-0.15, -0.1) is 0 Å². The van der Waals surface area contributed by atoms with Crippen molar-refractivity contribution in [2.24, 2.45) is 0 Å². The van der Waals surface area contributed by atoms with E-state index in [1.165, 1.54) is 29.5 Å². The molecule has 0 spiro atoms. The van der Waals surface area contributed by atoms with E-state index in [4.69, 9.17) is 0 Å². The molecule has 1 aromatic carbocycles. The third-order valence-corrected chi connectivity index (χ3v) is 2.67. The molecule has 0 aliphatic carbocycles. The van der Waals surface area contributed by atoms with Crippen molar-refractivity contribution in [1.29, 1.82) is 0 Å². The van der Waals surface area contributed by atoms with E-state index in [2.05, 4.69) is 51.2 Å². The Balaban J connectivity index is 2.88. The van der Waals surface area contributed by atoms with Crippen LogP contribution >= 0.6 is 0 Å². The first-order valence-corrected chi connectivity index (χ1v) is 5.99. The molecule has 0 saturated heterocycles. The van der Waals surface area contributed by atoms with Gasteiger partial charge in [-0.2, -0.15) is 0 Å². The first kappa shape index (κ1) is 12.3. The lowest BCUT2D eigenvalue weighted by Gasteiger charge is -2.18. The highest BCUT2D eigenvalue weighted by Crippen LogP contribution is 2.20. The molecule has 0 aromatic heterocycles. The summed E-state index contributed by atoms with van der Waals surface area (Å²) in [6.45, 7) is 9.80. The molecule has 1 atom stereocenters. The fourth-order valence-electron chi connectivity index (χ4n) is 2.13. The van der Waals surface area contributed by atoms with Gasteiger partial charge in [0.2, 0.25) is 0 Å². The van der Waals surface area contributed by atoms with E-state index in [1.54, 1.807) is 0 Å². The SMILES string of the molecule is CCCC(NCC)c1cc(C)cc(C)c1. The summed E-state index contributed by atoms with van der Waals surface area (Å²) in [7, 11) is 0. The van der Waals surface area contributed by atoms with Crippen molar-refractivity contribution in [3.8, 4) is 0 Å². The van der Waals surface area contributed by atoms with Gasteiger partial charge in [-0.25, -0.2) is 0 Å². The minimum atomic E-state index is 0.526. The summed E-state index contributed by atoms with van der Waals surface area (Å²) >= 11 is 0. The highest BCUT2D eigenvalue weighted by atomic mass is 14.9. The third-order valence-electron chi connectivity index (χ3n) is 2.67. The molecule has 0 radical (unpaired) electrons. The third kappa shape index (κ3) is 3.67. The number of benzene rings is 1. The molecule has 0 aliphatic rings. The van der Waals surface area contributed by atoms with E-state index < -0.39 is 0 Å². The van der Waals surface area contributed by atoms with Crippen molar-refractivity contribution >= 4 is 0 Å². The maximum atomic E-state index is 3.55. The van der Waals surface area contributed by atoms with Gasteiger partial charge in [0.15, 0.2) is 0 Å². The number of hydrogen-bond acceptors (Lipinski definition) is 1. The van der Waals surface area contributed by atoms with Crippen LogP contribution in [0, 0.1) is 13.8 Å². The van der Waals surface area contributed by atoms with E-state index in [0.29, 0.717) is 6.04 Å². The molecule has 0 fully saturated rings. The Bertz CT molecular complexity index is 278. The zero-order valence-electron chi connectivity index (χ0n) is 10.4. The predicted octanol–water partition coefficient (Wildman–Crippen LogP) is 3.75. The van der Waals surface area contributed by atoms with Gasteiger partial charge in [0.1, 0.15) is 0 Å². The van der Waals surface area contributed by atoms with Crippen molar-refractivity contribution in [2.75, 3.05) is 6.54 Å². The largest absolute Gasteiger partial charge is 0.310 e. The van der Waals surface area contributed by atoms with Crippen molar-refractivity contribution in [3.63, 3.8) is 0 Å². The van der Waals surface area contributed by atoms with E-state index in [9.17, 15) is 0 Å². The molecule has 0 amide bonds. The van der Waals surface area contributed by atoms with Crippen LogP contribution in [0.2, 0.25) is 0 Å². The summed E-state index contributed by atoms with van der Waals surface area (Å²) in [5.74, 6) is 0. The van der Waals surface area contributed by atoms with Crippen LogP contribution in [0.4, 0.5) is 0 Å². The van der Waals surface area contributed by atoms with Gasteiger partial charge < -0.3 is 5.32 Å². The first-order chi connectivity index (χ1) is 7.17. The Morgan fingerprint density at radius 2 is 1.67 bits per heavy atom. The number of hydrogen-bond donors (Lipinski definition) is 1. The predicted molar refractivity (Wildman–Crippen MR) is 67.2 cm³/mol. The molecule has 15 heavy (non-hydrogen) atoms. The Kier molecular flexibility index (Phi) is 4.83. The molecule has 1 rings (SSSR count). The maximum absolute atomic E-state index is 3.55. The van der Waals surface area contributed by atoms with Gasteiger partial charge in [-0.05, 0) is 32.4 Å². The van der Waals surface area contributed by atoms with Crippen LogP contribution in [0.5, 0.6) is 0 Å². The van der Waals surface area contributed by atoms with Crippen molar-refractivity contribution in [3.05, 3.63) is 34.9 Å². The Morgan fingerprint density at radius 3 is 2.13 bits per heavy atom. The Hall–Kier alpha value is -0.820. The molecule has 1 heteroatoms. The number of nitrogens with one attached hydrogen (secondary N) is 1. The van der Waals surface area contributed by atoms with E-state index in [1.807, 2.05) is 0 Å². The van der Waals surface area contributed by atoms with Gasteiger partial charge >= 0.3 is 0 Å². The smallest absolute Gasteiger partial charge is 0.0320 e. The molecule has 0 heterocycles. The van der Waals surface area contributed by atoms with E-state index >= 15 is 0 Å². The van der Waals surface area contributed by atoms with Crippen molar-refractivity contribution in [2.45, 2.75) is 46.6 Å². The summed E-state index contributed by atoms with van der Waals surface area (Å²) in [4.78, 5) is 0. The van der Waals surface area contributed by atoms with Crippen LogP contribution in [-0.4, -0.2) is 6.54 Å². The summed E-state index contributed by atoms with van der Waals surface area (Å²) in [5, 5.41) is 3.55. The van der Waals surface area contributed by atoms with E-state index in [0.717, 1.165) is 6.54 Å². The normalized spacial score (nSPS) is 12.8. The van der Waals surface area contributed by atoms with Crippen LogP contribution in [0.15, 0.2) is 18.2 Å². The summed E-state index contributed by atoms with van der Waals surface area (Å²) in [6, 6.07) is 7.36. The molecule has 1 N–H and O–H groups in total. The quantitative estimate of drug-likeness (QED) is 0.772. The number of rotatable bonds is 5. The van der Waals surface area contributed by atoms with Crippen molar-refractivity contribution < 1.29 is 0 Å². The maximum Gasteiger partial charge on any atom is 0.0320 e. The fraction of sp³-hybridized carbons (Fsp3) is 0.571. The lowest BCUT2D eigenvalue weighted by atomic mass is 9.98. The zero-order valence-corrected chi connectivity index (χ0v) is 10.4. The van der Waals surface area contributed by atoms with Gasteiger partial charge in [0.25, 0.3) is 0 Å². The Morgan fingerprint density at radius 1 is 1.07 bits per heavy atom. The topological polar surface area (TPSA) is 12.0 Å². The highest BCUT2D eigenvalue weighted by Gasteiger charge is 2.09. The lowest BCUT2D eigenvalue weighted by molar-refractivity contribution is 0.509. The fourth-order valence-corrected chi connectivity index (χ4v) is 2.13. The molecule has 84 valence electrons. The minimum Gasteiger partial charge on any atom is -0.310 e. The molecule has 1 nitrogen and oxygen atoms in total. The standard InChI is InChI=1S/C14H23N/c1-5-7-14(15-6-2)13-9-11(3)8-12(4)10-13/h8-10,14-15H,5-7H2,1-4H3. The van der Waals surface area contributed by atoms with Crippen LogP contribution < -0.4 is 5.32 Å². The molecule has 1 aromatic rings. The summed E-state index contributed by atoms with van der Waals surface area (Å²) < 4.78 is 0. The van der Waals surface area contributed by atoms with Gasteiger partial charge in [0, 0.05) is 6.04 Å². The van der Waals surface area contributed by atoms with Gasteiger partial charge in [0.05, 0.1) is 0 Å². The minimum absolute atomic E-state index is 0.526. The van der Waals surface area contributed by atoms with Gasteiger partial charge in [-0.1, -0.05) is 49.6 Å². The Labute approximate surface area is 93.9 Å². The molecule has 0 bridgehead atoms. The second-order valence-corrected chi connectivity index (χ2v) is 4.32. The zero-order chi connectivity index (χ0) is 11.3. The van der Waals surface area contributed by atoms with Crippen LogP contribution in [-0.2, 0) is 0 Å². The summed E-state index contributed by atoms with van der Waals surface area (Å²) in [6.07, 6.45) is 2.45. The monoisotopic (exact) mass is 205 g/mol. The molecule has 1 unspecified atom stereocenters. The van der Waals surface area contributed by atoms with Crippen LogP contribution in [0.25, 0.3) is 0 Å². The molecule has 0 saturated carbocycles. The average molecular weight is 205 g/mol. The molecular formula is C14H23N. The highest BCUT2D eigenvalue weighted by molar-refractivity contribution is 5.30. The first-order valence-electron chi connectivity index (χ1n) is 5.99. The van der Waals surface area contributed by atoms with Crippen LogP contribution in [0.1, 0.15) is 49.4 Å². The molecule has 0 aliphatic heterocycles. The second-order valence-electron chi connectivity index (χ2n) is 4.32. The van der Waals surface area contributed by atoms with Crippen LogP contribution in [0.3, 0.4) is 0 Å². The second kappa shape index (κ2) is 5.92. The van der Waals surface area contributed by atoms with Gasteiger partial charge in [-0.3, -0.25) is 0 Å². The lowest BCUT2D eigenvalue weighted by Crippen LogP contribution is -2.20. The van der Waals surface area contributed by atoms with Crippen molar-refractivity contribution in [1.82, 2.24) is 5.32 Å².